The molecule has 1 fully saturated rings. The van der Waals surface area contributed by atoms with Crippen molar-refractivity contribution in [2.24, 2.45) is 5.92 Å². The van der Waals surface area contributed by atoms with Crippen LogP contribution in [0, 0.1) is 16.0 Å². The Morgan fingerprint density at radius 3 is 2.67 bits per heavy atom. The zero-order valence-electron chi connectivity index (χ0n) is 14.4. The summed E-state index contributed by atoms with van der Waals surface area (Å²) < 4.78 is 0. The van der Waals surface area contributed by atoms with Gasteiger partial charge in [0, 0.05) is 37.8 Å². The Kier molecular flexibility index (Phi) is 5.48. The van der Waals surface area contributed by atoms with Crippen LogP contribution in [-0.2, 0) is 13.0 Å². The van der Waals surface area contributed by atoms with Crippen LogP contribution in [0.25, 0.3) is 0 Å². The Labute approximate surface area is 143 Å². The van der Waals surface area contributed by atoms with Crippen LogP contribution < -0.4 is 0 Å². The van der Waals surface area contributed by atoms with Gasteiger partial charge in [-0.3, -0.25) is 15.0 Å². The lowest BCUT2D eigenvalue weighted by Crippen LogP contribution is -2.44. The number of fused-ring (bicyclic) bond motifs is 1. The molecule has 2 heterocycles. The van der Waals surface area contributed by atoms with Gasteiger partial charge in [-0.1, -0.05) is 19.1 Å². The molecule has 6 nitrogen and oxygen atoms in total. The van der Waals surface area contributed by atoms with E-state index in [9.17, 15) is 15.2 Å². The van der Waals surface area contributed by atoms with Crippen LogP contribution in [0.5, 0.6) is 0 Å². The minimum atomic E-state index is -0.362. The van der Waals surface area contributed by atoms with Gasteiger partial charge in [-0.15, -0.1) is 0 Å². The van der Waals surface area contributed by atoms with Gasteiger partial charge in [0.25, 0.3) is 5.69 Å². The molecule has 0 amide bonds. The number of piperidine rings is 1. The van der Waals surface area contributed by atoms with Crippen molar-refractivity contribution in [3.63, 3.8) is 0 Å². The van der Waals surface area contributed by atoms with Crippen molar-refractivity contribution in [1.82, 2.24) is 9.80 Å². The molecule has 24 heavy (non-hydrogen) atoms. The van der Waals surface area contributed by atoms with Crippen LogP contribution in [0.3, 0.4) is 0 Å². The monoisotopic (exact) mass is 333 g/mol. The minimum Gasteiger partial charge on any atom is -0.390 e. The van der Waals surface area contributed by atoms with E-state index in [1.165, 1.54) is 12.8 Å². The van der Waals surface area contributed by atoms with Gasteiger partial charge in [0.05, 0.1) is 11.0 Å². The maximum atomic E-state index is 11.1. The number of hydrogen-bond acceptors (Lipinski definition) is 5. The van der Waals surface area contributed by atoms with E-state index in [1.807, 2.05) is 6.07 Å². The van der Waals surface area contributed by atoms with Crippen molar-refractivity contribution in [1.29, 1.82) is 0 Å². The predicted molar refractivity (Wildman–Crippen MR) is 92.9 cm³/mol. The highest BCUT2D eigenvalue weighted by molar-refractivity contribution is 5.46. The Hall–Kier alpha value is -1.50. The summed E-state index contributed by atoms with van der Waals surface area (Å²) in [4.78, 5) is 15.4. The molecule has 1 saturated heterocycles. The molecule has 6 heteroatoms. The van der Waals surface area contributed by atoms with Gasteiger partial charge >= 0.3 is 0 Å². The quantitative estimate of drug-likeness (QED) is 0.660. The van der Waals surface area contributed by atoms with E-state index >= 15 is 0 Å². The van der Waals surface area contributed by atoms with Crippen LogP contribution in [0.2, 0.25) is 0 Å². The van der Waals surface area contributed by atoms with E-state index < -0.39 is 0 Å². The fourth-order valence-corrected chi connectivity index (χ4v) is 3.87. The summed E-state index contributed by atoms with van der Waals surface area (Å²) in [5.74, 6) is 0.799. The number of likely N-dealkylation sites (tertiary alicyclic amines) is 1. The Morgan fingerprint density at radius 2 is 1.96 bits per heavy atom. The summed E-state index contributed by atoms with van der Waals surface area (Å²) in [6.07, 6.45) is 2.75. The molecule has 0 bridgehead atoms. The molecular formula is C18H27N3O3. The number of nitro groups is 1. The predicted octanol–water partition coefficient (Wildman–Crippen LogP) is 2.05. The highest BCUT2D eigenvalue weighted by atomic mass is 16.6. The molecular weight excluding hydrogens is 306 g/mol. The molecule has 132 valence electrons. The molecule has 1 aromatic rings. The van der Waals surface area contributed by atoms with E-state index in [0.29, 0.717) is 19.5 Å². The van der Waals surface area contributed by atoms with Crippen molar-refractivity contribution in [3.05, 3.63) is 39.4 Å². The lowest BCUT2D eigenvalue weighted by atomic mass is 9.97. The van der Waals surface area contributed by atoms with Crippen LogP contribution in [0.15, 0.2) is 18.2 Å². The van der Waals surface area contributed by atoms with Crippen LogP contribution in [0.4, 0.5) is 5.69 Å². The van der Waals surface area contributed by atoms with Gasteiger partial charge < -0.3 is 10.0 Å². The normalized spacial score (nSPS) is 21.4. The molecule has 0 radical (unpaired) electrons. The highest BCUT2D eigenvalue weighted by Crippen LogP contribution is 2.27. The van der Waals surface area contributed by atoms with E-state index in [1.54, 1.807) is 12.1 Å². The number of benzene rings is 1. The van der Waals surface area contributed by atoms with Gasteiger partial charge in [0.15, 0.2) is 0 Å². The fraction of sp³-hybridized carbons (Fsp3) is 0.667. The Morgan fingerprint density at radius 1 is 1.25 bits per heavy atom. The standard InChI is InChI=1S/C18H27N3O3/c1-14-5-8-19(9-6-14)12-16(22)13-20-10-7-17-15(11-20)3-2-4-18(17)21(23)24/h2-4,14,16,22H,5-13H2,1H3. The summed E-state index contributed by atoms with van der Waals surface area (Å²) in [7, 11) is 0. The van der Waals surface area contributed by atoms with Crippen LogP contribution >= 0.6 is 0 Å². The Bertz CT molecular complexity index is 585. The topological polar surface area (TPSA) is 69.8 Å². The highest BCUT2D eigenvalue weighted by Gasteiger charge is 2.25. The van der Waals surface area contributed by atoms with Crippen molar-refractivity contribution < 1.29 is 10.0 Å². The molecule has 0 aromatic heterocycles. The molecule has 0 saturated carbocycles. The summed E-state index contributed by atoms with van der Waals surface area (Å²) >= 11 is 0. The largest absolute Gasteiger partial charge is 0.390 e. The molecule has 1 N–H and O–H groups in total. The zero-order chi connectivity index (χ0) is 17.1. The molecule has 3 rings (SSSR count). The third kappa shape index (κ3) is 4.12. The first-order valence-corrected chi connectivity index (χ1v) is 8.91. The zero-order valence-corrected chi connectivity index (χ0v) is 14.4. The van der Waals surface area contributed by atoms with Gasteiger partial charge in [-0.25, -0.2) is 0 Å². The number of aliphatic hydroxyl groups excluding tert-OH is 1. The maximum Gasteiger partial charge on any atom is 0.272 e. The number of aliphatic hydroxyl groups is 1. The number of nitrogens with zero attached hydrogens (tertiary/aromatic N) is 3. The second kappa shape index (κ2) is 7.59. The van der Waals surface area contributed by atoms with E-state index in [2.05, 4.69) is 16.7 Å². The van der Waals surface area contributed by atoms with E-state index in [4.69, 9.17) is 0 Å². The van der Waals surface area contributed by atoms with Crippen LogP contribution in [0.1, 0.15) is 30.9 Å². The lowest BCUT2D eigenvalue weighted by molar-refractivity contribution is -0.385. The third-order valence-corrected chi connectivity index (χ3v) is 5.33. The van der Waals surface area contributed by atoms with Gasteiger partial charge in [0.2, 0.25) is 0 Å². The second-order valence-corrected chi connectivity index (χ2v) is 7.29. The molecule has 1 aromatic carbocycles. The van der Waals surface area contributed by atoms with E-state index in [-0.39, 0.29) is 16.7 Å². The van der Waals surface area contributed by atoms with Crippen molar-refractivity contribution >= 4 is 5.69 Å². The average molecular weight is 333 g/mol. The lowest BCUT2D eigenvalue weighted by Gasteiger charge is -2.34. The van der Waals surface area contributed by atoms with Crippen LogP contribution in [-0.4, -0.2) is 58.7 Å². The summed E-state index contributed by atoms with van der Waals surface area (Å²) in [5.41, 5.74) is 2.11. The SMILES string of the molecule is CC1CCN(CC(O)CN2CCc3c(cccc3[N+](=O)[O-])C2)CC1. The molecule has 0 aliphatic carbocycles. The number of β-amino-alcohol motifs (C(OH)–C–C–N with tert-alkyl or cyclic N) is 1. The molecule has 2 aliphatic heterocycles. The minimum absolute atomic E-state index is 0.232. The summed E-state index contributed by atoms with van der Waals surface area (Å²) in [6.45, 7) is 7.26. The molecule has 1 unspecified atom stereocenters. The molecule has 0 spiro atoms. The maximum absolute atomic E-state index is 11.1. The molecule has 1 atom stereocenters. The Balaban J connectivity index is 1.54. The van der Waals surface area contributed by atoms with Gasteiger partial charge in [0.1, 0.15) is 0 Å². The first-order chi connectivity index (χ1) is 11.5. The number of nitro benzene ring substituents is 1. The molecule has 2 aliphatic rings. The second-order valence-electron chi connectivity index (χ2n) is 7.29. The summed E-state index contributed by atoms with van der Waals surface area (Å²) in [6, 6.07) is 5.30. The van der Waals surface area contributed by atoms with E-state index in [0.717, 1.165) is 43.2 Å². The average Bonchev–Trinajstić information content (AvgIpc) is 2.56. The van der Waals surface area contributed by atoms with Crippen molar-refractivity contribution in [2.75, 3.05) is 32.7 Å². The van der Waals surface area contributed by atoms with Gasteiger partial charge in [-0.05, 0) is 43.8 Å². The fourth-order valence-electron chi connectivity index (χ4n) is 3.87. The number of hydrogen-bond donors (Lipinski definition) is 1. The third-order valence-electron chi connectivity index (χ3n) is 5.33. The first kappa shape index (κ1) is 17.3. The van der Waals surface area contributed by atoms with Crippen molar-refractivity contribution in [2.45, 2.75) is 38.8 Å². The smallest absolute Gasteiger partial charge is 0.272 e. The first-order valence-electron chi connectivity index (χ1n) is 8.91. The number of rotatable bonds is 5. The van der Waals surface area contributed by atoms with Gasteiger partial charge in [-0.2, -0.15) is 0 Å². The summed E-state index contributed by atoms with van der Waals surface area (Å²) in [5, 5.41) is 21.5. The van der Waals surface area contributed by atoms with Crippen molar-refractivity contribution in [3.8, 4) is 0 Å².